The number of aromatic amines is 1. The normalized spacial score (nSPS) is 36.4. The number of carbonyl (C=O) groups is 1. The summed E-state index contributed by atoms with van der Waals surface area (Å²) in [5.74, 6) is 0.672. The molecule has 142 valence electrons. The highest BCUT2D eigenvalue weighted by atomic mass is 35.5. The molecule has 1 amide bonds. The van der Waals surface area contributed by atoms with Gasteiger partial charge in [0.1, 0.15) is 5.54 Å². The molecular formula is C21H23Cl2N3O. The van der Waals surface area contributed by atoms with Gasteiger partial charge in [0, 0.05) is 28.6 Å². The van der Waals surface area contributed by atoms with Crippen molar-refractivity contribution in [1.82, 2.24) is 15.2 Å². The summed E-state index contributed by atoms with van der Waals surface area (Å²) in [5.41, 5.74) is 3.09. The Kier molecular flexibility index (Phi) is 2.99. The van der Waals surface area contributed by atoms with E-state index in [0.717, 1.165) is 49.7 Å². The largest absolute Gasteiger partial charge is 0.358 e. The summed E-state index contributed by atoms with van der Waals surface area (Å²) in [6, 6.07) is 3.91. The van der Waals surface area contributed by atoms with Gasteiger partial charge in [-0.15, -0.1) is 0 Å². The maximum Gasteiger partial charge on any atom is 0.241 e. The number of nitrogens with zero attached hydrogens (tertiary/aromatic N) is 1. The molecular weight excluding hydrogens is 381 g/mol. The molecule has 5 aliphatic rings. The van der Waals surface area contributed by atoms with Crippen LogP contribution >= 0.6 is 23.2 Å². The van der Waals surface area contributed by atoms with Gasteiger partial charge in [0.05, 0.1) is 15.6 Å². The number of nitrogens with one attached hydrogen (secondary N) is 2. The molecule has 0 unspecified atom stereocenters. The Morgan fingerprint density at radius 1 is 1.22 bits per heavy atom. The van der Waals surface area contributed by atoms with E-state index >= 15 is 0 Å². The zero-order valence-electron chi connectivity index (χ0n) is 15.6. The molecule has 27 heavy (non-hydrogen) atoms. The molecule has 1 aromatic carbocycles. The first-order valence-electron chi connectivity index (χ1n) is 9.85. The molecule has 4 fully saturated rings. The number of amides is 1. The molecule has 5 heterocycles. The van der Waals surface area contributed by atoms with Crippen LogP contribution in [0.4, 0.5) is 0 Å². The van der Waals surface area contributed by atoms with Gasteiger partial charge in [-0.1, -0.05) is 37.0 Å². The summed E-state index contributed by atoms with van der Waals surface area (Å²) in [5, 5.41) is 5.81. The van der Waals surface area contributed by atoms with Crippen LogP contribution in [0.25, 0.3) is 10.9 Å². The molecule has 6 heteroatoms. The van der Waals surface area contributed by atoms with Crippen LogP contribution in [0.5, 0.6) is 0 Å². The maximum absolute atomic E-state index is 13.1. The Bertz CT molecular complexity index is 1030. The summed E-state index contributed by atoms with van der Waals surface area (Å²) >= 11 is 12.6. The van der Waals surface area contributed by atoms with Crippen molar-refractivity contribution in [3.63, 3.8) is 0 Å². The molecule has 1 aromatic heterocycles. The number of H-pyrrole nitrogens is 1. The summed E-state index contributed by atoms with van der Waals surface area (Å²) in [6.07, 6.45) is 3.93. The third kappa shape index (κ3) is 1.83. The molecule has 4 saturated heterocycles. The van der Waals surface area contributed by atoms with Crippen molar-refractivity contribution in [2.75, 3.05) is 13.1 Å². The van der Waals surface area contributed by atoms with Gasteiger partial charge in [0.25, 0.3) is 0 Å². The second kappa shape index (κ2) is 4.84. The quantitative estimate of drug-likeness (QED) is 0.697. The first-order chi connectivity index (χ1) is 12.8. The lowest BCUT2D eigenvalue weighted by Gasteiger charge is -2.65. The molecule has 0 radical (unpaired) electrons. The Hall–Kier alpha value is -1.23. The number of piperazine rings is 1. The van der Waals surface area contributed by atoms with E-state index in [1.54, 1.807) is 0 Å². The van der Waals surface area contributed by atoms with Gasteiger partial charge in [-0.05, 0) is 55.8 Å². The highest BCUT2D eigenvalue weighted by molar-refractivity contribution is 6.42. The molecule has 4 aliphatic heterocycles. The molecule has 1 aliphatic carbocycles. The molecule has 2 N–H and O–H groups in total. The minimum absolute atomic E-state index is 0.0546. The van der Waals surface area contributed by atoms with Crippen molar-refractivity contribution in [3.8, 4) is 0 Å². The van der Waals surface area contributed by atoms with E-state index in [9.17, 15) is 4.79 Å². The van der Waals surface area contributed by atoms with Crippen molar-refractivity contribution < 1.29 is 4.79 Å². The Balaban J connectivity index is 1.59. The van der Waals surface area contributed by atoms with Gasteiger partial charge in [-0.2, -0.15) is 0 Å². The number of aromatic nitrogens is 1. The highest BCUT2D eigenvalue weighted by Crippen LogP contribution is 2.58. The molecule has 3 atom stereocenters. The van der Waals surface area contributed by atoms with Crippen LogP contribution in [-0.2, 0) is 16.6 Å². The lowest BCUT2D eigenvalue weighted by molar-refractivity contribution is -0.160. The number of piperidine rings is 2. The highest BCUT2D eigenvalue weighted by Gasteiger charge is 2.68. The number of halogens is 2. The van der Waals surface area contributed by atoms with Crippen LogP contribution in [0.2, 0.25) is 10.0 Å². The van der Waals surface area contributed by atoms with E-state index in [0.29, 0.717) is 16.0 Å². The average molecular weight is 404 g/mol. The first kappa shape index (κ1) is 16.7. The standard InChI is InChI=1S/C21H23Cl2N3O/c1-19(2)16-9-21-4-3-5-26(21)10-20(16,25-18(21)27)8-12-11-6-13(22)14(23)7-15(11)24-17(12)19/h6-7,16,24H,3-5,8-10H2,1-2H3,(H,25,27)/t16-,20+,21-/m0/s1. The van der Waals surface area contributed by atoms with Gasteiger partial charge in [-0.3, -0.25) is 9.69 Å². The average Bonchev–Trinajstić information content (AvgIpc) is 3.17. The summed E-state index contributed by atoms with van der Waals surface area (Å²) < 4.78 is 0. The number of rotatable bonds is 0. The Morgan fingerprint density at radius 3 is 2.81 bits per heavy atom. The smallest absolute Gasteiger partial charge is 0.241 e. The van der Waals surface area contributed by atoms with Crippen LogP contribution in [0.3, 0.4) is 0 Å². The topological polar surface area (TPSA) is 48.1 Å². The molecule has 2 spiro atoms. The fourth-order valence-electron chi connectivity index (χ4n) is 6.84. The number of benzene rings is 1. The lowest BCUT2D eigenvalue weighted by atomic mass is 9.51. The first-order valence-corrected chi connectivity index (χ1v) is 10.6. The summed E-state index contributed by atoms with van der Waals surface area (Å²) in [7, 11) is 0. The van der Waals surface area contributed by atoms with Crippen LogP contribution < -0.4 is 5.32 Å². The van der Waals surface area contributed by atoms with E-state index in [4.69, 9.17) is 23.2 Å². The molecule has 7 rings (SSSR count). The minimum Gasteiger partial charge on any atom is -0.358 e. The maximum atomic E-state index is 13.1. The molecule has 2 bridgehead atoms. The van der Waals surface area contributed by atoms with Crippen molar-refractivity contribution in [3.05, 3.63) is 33.4 Å². The van der Waals surface area contributed by atoms with Crippen molar-refractivity contribution in [2.24, 2.45) is 5.92 Å². The summed E-state index contributed by atoms with van der Waals surface area (Å²) in [4.78, 5) is 19.3. The van der Waals surface area contributed by atoms with E-state index in [1.807, 2.05) is 12.1 Å². The number of hydrogen-bond donors (Lipinski definition) is 2. The zero-order valence-corrected chi connectivity index (χ0v) is 17.1. The van der Waals surface area contributed by atoms with E-state index in [1.165, 1.54) is 11.3 Å². The van der Waals surface area contributed by atoms with Crippen molar-refractivity contribution in [2.45, 2.75) is 56.0 Å². The molecule has 4 nitrogen and oxygen atoms in total. The zero-order chi connectivity index (χ0) is 18.8. The minimum atomic E-state index is -0.278. The van der Waals surface area contributed by atoms with Gasteiger partial charge in [0.2, 0.25) is 5.91 Å². The second-order valence-corrected chi connectivity index (χ2v) is 10.4. The van der Waals surface area contributed by atoms with Gasteiger partial charge >= 0.3 is 0 Å². The lowest BCUT2D eigenvalue weighted by Crippen LogP contribution is -2.82. The fraction of sp³-hybridized carbons (Fsp3) is 0.571. The van der Waals surface area contributed by atoms with Crippen LogP contribution in [0.15, 0.2) is 12.1 Å². The Labute approximate surface area is 168 Å². The molecule has 0 saturated carbocycles. The molecule has 2 aromatic rings. The number of carbonyl (C=O) groups excluding carboxylic acids is 1. The predicted molar refractivity (Wildman–Crippen MR) is 108 cm³/mol. The monoisotopic (exact) mass is 403 g/mol. The fourth-order valence-corrected chi connectivity index (χ4v) is 7.16. The van der Waals surface area contributed by atoms with Crippen LogP contribution in [0, 0.1) is 5.92 Å². The van der Waals surface area contributed by atoms with Gasteiger partial charge in [0.15, 0.2) is 0 Å². The Morgan fingerprint density at radius 2 is 2.00 bits per heavy atom. The number of fused-ring (bicyclic) bond motifs is 4. The van der Waals surface area contributed by atoms with E-state index < -0.39 is 0 Å². The third-order valence-corrected chi connectivity index (χ3v) is 8.77. The van der Waals surface area contributed by atoms with E-state index in [2.05, 4.69) is 29.0 Å². The van der Waals surface area contributed by atoms with Gasteiger partial charge in [-0.25, -0.2) is 0 Å². The van der Waals surface area contributed by atoms with E-state index in [-0.39, 0.29) is 22.4 Å². The van der Waals surface area contributed by atoms with Crippen LogP contribution in [0.1, 0.15) is 44.4 Å². The third-order valence-electron chi connectivity index (χ3n) is 8.05. The second-order valence-electron chi connectivity index (χ2n) is 9.61. The van der Waals surface area contributed by atoms with Gasteiger partial charge < -0.3 is 10.3 Å². The van der Waals surface area contributed by atoms with Crippen LogP contribution in [-0.4, -0.2) is 40.0 Å². The predicted octanol–water partition coefficient (Wildman–Crippen LogP) is 4.03. The summed E-state index contributed by atoms with van der Waals surface area (Å²) in [6.45, 7) is 6.67. The van der Waals surface area contributed by atoms with Crippen molar-refractivity contribution >= 4 is 40.0 Å². The number of hydrogen-bond acceptors (Lipinski definition) is 2. The van der Waals surface area contributed by atoms with Crippen molar-refractivity contribution in [1.29, 1.82) is 0 Å². The SMILES string of the molecule is CC1(C)c2[nH]c3cc(Cl)c(Cl)cc3c2C[C@@]23CN4CCC[C@]4(C[C@@H]12)C(=O)N3.